The molecule has 0 fully saturated rings. The molecule has 0 aliphatic heterocycles. The minimum atomic E-state index is -0.660. The zero-order chi connectivity index (χ0) is 20.4. The first-order valence-corrected chi connectivity index (χ1v) is 9.00. The molecule has 6 heteroatoms. The minimum Gasteiger partial charge on any atom is -0.456 e. The zero-order valence-electron chi connectivity index (χ0n) is 16.4. The second-order valence-electron chi connectivity index (χ2n) is 6.91. The number of benzene rings is 2. The molecule has 0 bridgehead atoms. The number of rotatable bonds is 5. The fourth-order valence-electron chi connectivity index (χ4n) is 3.33. The summed E-state index contributed by atoms with van der Waals surface area (Å²) in [6, 6.07) is 8.86. The van der Waals surface area contributed by atoms with Gasteiger partial charge in [-0.15, -0.1) is 0 Å². The van der Waals surface area contributed by atoms with Gasteiger partial charge in [0.15, 0.2) is 6.61 Å². The zero-order valence-corrected chi connectivity index (χ0v) is 16.4. The minimum absolute atomic E-state index is 0.254. The van der Waals surface area contributed by atoms with Crippen LogP contribution in [0.1, 0.15) is 32.6 Å². The highest BCUT2D eigenvalue weighted by Gasteiger charge is 2.17. The molecule has 0 aliphatic rings. The van der Waals surface area contributed by atoms with Crippen LogP contribution in [-0.4, -0.2) is 27.9 Å². The smallest absolute Gasteiger partial charge is 0.326 e. The molecular weight excluding hydrogens is 356 g/mol. The van der Waals surface area contributed by atoms with Gasteiger partial charge in [0.05, 0.1) is 17.2 Å². The molecule has 0 N–H and O–H groups in total. The van der Waals surface area contributed by atoms with E-state index in [2.05, 4.69) is 4.98 Å². The summed E-state index contributed by atoms with van der Waals surface area (Å²) in [5.74, 6) is -0.915. The topological polar surface area (TPSA) is 78.3 Å². The lowest BCUT2D eigenvalue weighted by molar-refractivity contribution is -0.143. The average molecular weight is 378 g/mol. The molecule has 3 rings (SSSR count). The lowest BCUT2D eigenvalue weighted by Crippen LogP contribution is -2.27. The van der Waals surface area contributed by atoms with Crippen LogP contribution < -0.4 is 5.56 Å². The molecule has 0 saturated carbocycles. The molecule has 6 nitrogen and oxygen atoms in total. The Morgan fingerprint density at radius 1 is 1.04 bits per heavy atom. The van der Waals surface area contributed by atoms with Crippen LogP contribution in [0.2, 0.25) is 0 Å². The molecule has 0 amide bonds. The fourth-order valence-corrected chi connectivity index (χ4v) is 3.33. The molecule has 0 radical (unpaired) electrons. The molecule has 28 heavy (non-hydrogen) atoms. The quantitative estimate of drug-likeness (QED) is 0.504. The lowest BCUT2D eigenvalue weighted by Gasteiger charge is -2.14. The van der Waals surface area contributed by atoms with E-state index in [1.54, 1.807) is 24.3 Å². The van der Waals surface area contributed by atoms with E-state index >= 15 is 0 Å². The van der Waals surface area contributed by atoms with Crippen LogP contribution in [-0.2, 0) is 16.1 Å². The second kappa shape index (κ2) is 7.76. The molecule has 0 saturated heterocycles. The Morgan fingerprint density at radius 2 is 1.75 bits per heavy atom. The third-order valence-corrected chi connectivity index (χ3v) is 5.03. The summed E-state index contributed by atoms with van der Waals surface area (Å²) in [4.78, 5) is 41.4. The maximum Gasteiger partial charge on any atom is 0.326 e. The van der Waals surface area contributed by atoms with Gasteiger partial charge in [0, 0.05) is 5.56 Å². The maximum absolute atomic E-state index is 12.6. The van der Waals surface area contributed by atoms with Crippen molar-refractivity contribution in [3.05, 3.63) is 74.8 Å². The Balaban J connectivity index is 1.72. The van der Waals surface area contributed by atoms with Crippen LogP contribution in [0.25, 0.3) is 10.9 Å². The van der Waals surface area contributed by atoms with Crippen molar-refractivity contribution in [3.8, 4) is 0 Å². The fraction of sp³-hybridized carbons (Fsp3) is 0.273. The van der Waals surface area contributed by atoms with E-state index in [-0.39, 0.29) is 24.5 Å². The Bertz CT molecular complexity index is 1150. The number of aromatic nitrogens is 2. The Hall–Kier alpha value is -3.28. The van der Waals surface area contributed by atoms with Gasteiger partial charge in [-0.1, -0.05) is 18.2 Å². The van der Waals surface area contributed by atoms with Crippen LogP contribution >= 0.6 is 0 Å². The van der Waals surface area contributed by atoms with E-state index in [0.717, 1.165) is 22.3 Å². The van der Waals surface area contributed by atoms with Crippen molar-refractivity contribution in [2.24, 2.45) is 0 Å². The number of hydrogen-bond donors (Lipinski definition) is 0. The van der Waals surface area contributed by atoms with Gasteiger partial charge in [-0.25, -0.2) is 4.98 Å². The van der Waals surface area contributed by atoms with Gasteiger partial charge in [-0.2, -0.15) is 0 Å². The third kappa shape index (κ3) is 3.71. The van der Waals surface area contributed by atoms with Crippen LogP contribution in [0.3, 0.4) is 0 Å². The number of hydrogen-bond acceptors (Lipinski definition) is 5. The first-order valence-electron chi connectivity index (χ1n) is 9.00. The molecule has 3 aromatic rings. The van der Waals surface area contributed by atoms with E-state index in [0.29, 0.717) is 16.5 Å². The maximum atomic E-state index is 12.6. The summed E-state index contributed by atoms with van der Waals surface area (Å²) in [5.41, 5.74) is 4.74. The lowest BCUT2D eigenvalue weighted by atomic mass is 9.92. The molecule has 1 heterocycles. The Kier molecular flexibility index (Phi) is 5.40. The number of Topliss-reactive ketones (excluding diaryl/α,β-unsaturated/α-hetero) is 1. The summed E-state index contributed by atoms with van der Waals surface area (Å²) in [5, 5.41) is 0.426. The van der Waals surface area contributed by atoms with E-state index in [1.807, 2.05) is 33.8 Å². The number of ether oxygens (including phenoxy) is 1. The normalized spacial score (nSPS) is 10.9. The highest BCUT2D eigenvalue weighted by Crippen LogP contribution is 2.22. The van der Waals surface area contributed by atoms with Crippen LogP contribution in [0.4, 0.5) is 0 Å². The highest BCUT2D eigenvalue weighted by atomic mass is 16.5. The third-order valence-electron chi connectivity index (χ3n) is 5.03. The predicted octanol–water partition coefficient (Wildman–Crippen LogP) is 3.06. The molecule has 1 aromatic heterocycles. The monoisotopic (exact) mass is 378 g/mol. The highest BCUT2D eigenvalue weighted by molar-refractivity contribution is 6.00. The van der Waals surface area contributed by atoms with Crippen molar-refractivity contribution < 1.29 is 14.3 Å². The Labute approximate surface area is 162 Å². The Morgan fingerprint density at radius 3 is 2.50 bits per heavy atom. The number of aryl methyl sites for hydroxylation is 2. The largest absolute Gasteiger partial charge is 0.456 e. The van der Waals surface area contributed by atoms with Gasteiger partial charge in [-0.05, 0) is 62.1 Å². The number of ketones is 1. The summed E-state index contributed by atoms with van der Waals surface area (Å²) >= 11 is 0. The van der Waals surface area contributed by atoms with Gasteiger partial charge < -0.3 is 4.74 Å². The number of nitrogens with zero attached hydrogens (tertiary/aromatic N) is 2. The predicted molar refractivity (Wildman–Crippen MR) is 107 cm³/mol. The van der Waals surface area contributed by atoms with Crippen molar-refractivity contribution in [1.29, 1.82) is 0 Å². The molecule has 0 aliphatic carbocycles. The second-order valence-corrected chi connectivity index (χ2v) is 6.91. The van der Waals surface area contributed by atoms with Crippen molar-refractivity contribution >= 4 is 22.7 Å². The van der Waals surface area contributed by atoms with E-state index in [9.17, 15) is 14.4 Å². The van der Waals surface area contributed by atoms with Gasteiger partial charge in [0.1, 0.15) is 6.54 Å². The van der Waals surface area contributed by atoms with Gasteiger partial charge in [0.25, 0.3) is 5.56 Å². The molecule has 2 aromatic carbocycles. The summed E-state index contributed by atoms with van der Waals surface area (Å²) < 4.78 is 6.32. The average Bonchev–Trinajstić information content (AvgIpc) is 2.67. The molecular formula is C22H22N2O4. The van der Waals surface area contributed by atoms with E-state index < -0.39 is 5.97 Å². The number of para-hydroxylation sites is 1. The van der Waals surface area contributed by atoms with E-state index in [4.69, 9.17) is 4.74 Å². The summed E-state index contributed by atoms with van der Waals surface area (Å²) in [7, 11) is 0. The van der Waals surface area contributed by atoms with Gasteiger partial charge >= 0.3 is 5.97 Å². The molecule has 0 atom stereocenters. The van der Waals surface area contributed by atoms with Crippen LogP contribution in [0.15, 0.2) is 41.5 Å². The first kappa shape index (κ1) is 19.5. The van der Waals surface area contributed by atoms with Crippen molar-refractivity contribution in [3.63, 3.8) is 0 Å². The molecule has 0 spiro atoms. The van der Waals surface area contributed by atoms with Crippen LogP contribution in [0, 0.1) is 27.7 Å². The van der Waals surface area contributed by atoms with Crippen molar-refractivity contribution in [2.45, 2.75) is 34.2 Å². The first-order chi connectivity index (χ1) is 13.3. The molecule has 144 valence electrons. The molecule has 0 unspecified atom stereocenters. The van der Waals surface area contributed by atoms with Crippen molar-refractivity contribution in [2.75, 3.05) is 6.61 Å². The summed E-state index contributed by atoms with van der Waals surface area (Å²) in [6.45, 7) is 7.07. The number of esters is 1. The number of carbonyl (C=O) groups is 2. The van der Waals surface area contributed by atoms with Gasteiger partial charge in [0.2, 0.25) is 5.78 Å². The SMILES string of the molecule is Cc1cc(C)c(C(=O)COC(=O)Cn2cnc3ccccc3c2=O)c(C)c1C. The van der Waals surface area contributed by atoms with Gasteiger partial charge in [-0.3, -0.25) is 19.0 Å². The van der Waals surface area contributed by atoms with Crippen LogP contribution in [0.5, 0.6) is 0 Å². The number of fused-ring (bicyclic) bond motifs is 1. The number of carbonyl (C=O) groups excluding carboxylic acids is 2. The van der Waals surface area contributed by atoms with Crippen molar-refractivity contribution in [1.82, 2.24) is 9.55 Å². The van der Waals surface area contributed by atoms with E-state index in [1.165, 1.54) is 10.9 Å². The standard InChI is InChI=1S/C22H22N2O4/c1-13-9-14(2)21(16(4)15(13)3)19(25)11-28-20(26)10-24-12-23-18-8-6-5-7-17(18)22(24)27/h5-9,12H,10-11H2,1-4H3. The summed E-state index contributed by atoms with van der Waals surface area (Å²) in [6.07, 6.45) is 1.31.